The zero-order valence-corrected chi connectivity index (χ0v) is 32.9. The van der Waals surface area contributed by atoms with Gasteiger partial charge in [0.25, 0.3) is 0 Å². The minimum absolute atomic E-state index is 0. The molecule has 4 aliphatic carbocycles. The van der Waals surface area contributed by atoms with Crippen molar-refractivity contribution < 1.29 is 70.8 Å². The van der Waals surface area contributed by atoms with E-state index >= 15 is 0 Å². The average Bonchev–Trinajstić information content (AvgIpc) is 3.47. The molecule has 184 valence electrons. The van der Waals surface area contributed by atoms with Gasteiger partial charge in [-0.2, -0.15) is 24.3 Å². The third-order valence-corrected chi connectivity index (χ3v) is 3.47. The normalized spacial score (nSPS) is 14.7. The van der Waals surface area contributed by atoms with E-state index in [1.165, 1.54) is 68.3 Å². The fourth-order valence-corrected chi connectivity index (χ4v) is 2.06. The van der Waals surface area contributed by atoms with Gasteiger partial charge in [0, 0.05) is 0 Å². The Labute approximate surface area is 254 Å². The molecule has 0 fully saturated rings. The summed E-state index contributed by atoms with van der Waals surface area (Å²) < 4.78 is 0. The van der Waals surface area contributed by atoms with Crippen LogP contribution in [0.5, 0.6) is 0 Å². The second kappa shape index (κ2) is 29.9. The largest absolute Gasteiger partial charge is 1.00 e. The first-order valence-electron chi connectivity index (χ1n) is 11.0. The van der Waals surface area contributed by atoms with E-state index in [1.807, 2.05) is 0 Å². The maximum atomic E-state index is 3.12. The molecule has 4 rings (SSSR count). The first-order valence-corrected chi connectivity index (χ1v) is 26.8. The number of rotatable bonds is 0. The third kappa shape index (κ3) is 39.9. The Morgan fingerprint density at radius 1 is 0.500 bits per heavy atom. The van der Waals surface area contributed by atoms with Crippen molar-refractivity contribution in [3.8, 4) is 0 Å². The number of halogens is 2. The predicted octanol–water partition coefficient (Wildman–Crippen LogP) is 2.36. The Kier molecular flexibility index (Phi) is 36.8. The van der Waals surface area contributed by atoms with Crippen LogP contribution in [0, 0.1) is 24.3 Å². The molecular formula is C28H40Cl2Hf2Si2-2. The SMILES string of the molecule is CC1=[C-]CC=C1.CC1=[C-]CC=C1.CC1=[C-]CC=C1.CC1=[C-]CC=C1.C[Si](C)=[Hf+2].C[Si](C)=[Hf+2].[Cl-].[Cl-]. The molecule has 0 heterocycles. The van der Waals surface area contributed by atoms with E-state index in [4.69, 9.17) is 0 Å². The van der Waals surface area contributed by atoms with Crippen molar-refractivity contribution in [3.05, 3.63) is 95.2 Å². The molecule has 0 N–H and O–H groups in total. The van der Waals surface area contributed by atoms with Crippen LogP contribution in [0.15, 0.2) is 70.9 Å². The Hall–Kier alpha value is 0.674. The van der Waals surface area contributed by atoms with Gasteiger partial charge in [-0.15, -0.1) is 25.7 Å². The Morgan fingerprint density at radius 2 is 0.647 bits per heavy atom. The zero-order chi connectivity index (χ0) is 24.8. The number of hydrogen-bond donors (Lipinski definition) is 0. The summed E-state index contributed by atoms with van der Waals surface area (Å²) in [5.74, 6) is 0. The van der Waals surface area contributed by atoms with Crippen LogP contribution in [0.4, 0.5) is 0 Å². The molecule has 0 aromatic carbocycles. The van der Waals surface area contributed by atoms with Gasteiger partial charge in [-0.05, 0) is 0 Å². The second-order valence-corrected chi connectivity index (χ2v) is 33.4. The zero-order valence-electron chi connectivity index (χ0n) is 22.2. The van der Waals surface area contributed by atoms with E-state index in [2.05, 4.69) is 127 Å². The summed E-state index contributed by atoms with van der Waals surface area (Å²) in [5, 5.41) is 0. The first-order chi connectivity index (χ1) is 15.0. The summed E-state index contributed by atoms with van der Waals surface area (Å²) in [7, 11) is 0. The van der Waals surface area contributed by atoms with Gasteiger partial charge in [0.2, 0.25) is 0 Å². The topological polar surface area (TPSA) is 0 Å². The molecule has 0 aromatic rings. The van der Waals surface area contributed by atoms with Crippen molar-refractivity contribution >= 4 is 11.0 Å². The van der Waals surface area contributed by atoms with E-state index in [1.54, 1.807) is 0 Å². The van der Waals surface area contributed by atoms with Crippen molar-refractivity contribution in [2.75, 3.05) is 0 Å². The summed E-state index contributed by atoms with van der Waals surface area (Å²) in [6.07, 6.45) is 33.3. The van der Waals surface area contributed by atoms with Crippen LogP contribution in [0.3, 0.4) is 0 Å². The number of hydrogen-bond acceptors (Lipinski definition) is 0. The predicted molar refractivity (Wildman–Crippen MR) is 140 cm³/mol. The smallest absolute Gasteiger partial charge is 1.00 e. The van der Waals surface area contributed by atoms with Gasteiger partial charge in [-0.3, -0.25) is 24.3 Å². The van der Waals surface area contributed by atoms with E-state index in [0.29, 0.717) is 0 Å². The Balaban J connectivity index is -0.000000159. The molecule has 4 aliphatic rings. The molecular weight excluding hydrogens is 820 g/mol. The Morgan fingerprint density at radius 3 is 0.676 bits per heavy atom. The minimum atomic E-state index is 0. The van der Waals surface area contributed by atoms with Crippen molar-refractivity contribution in [2.24, 2.45) is 0 Å². The maximum Gasteiger partial charge on any atom is -1.00 e. The van der Waals surface area contributed by atoms with E-state index < -0.39 is 0 Å². The summed E-state index contributed by atoms with van der Waals surface area (Å²) in [6, 6.07) is 0. The van der Waals surface area contributed by atoms with Crippen molar-refractivity contribution in [1.82, 2.24) is 0 Å². The quantitative estimate of drug-likeness (QED) is 0.260. The standard InChI is InChI=1S/4C6H7.2C2H6Si.2ClH.2Hf/c4*1-6-4-2-3-5-6;2*1-3-2;;;;/h4*2,4H,3H2,1H3;2*1-2H3;2*1H;;/q4*-1;;;;;2*+2/p-2. The molecule has 34 heavy (non-hydrogen) atoms. The van der Waals surface area contributed by atoms with Crippen molar-refractivity contribution in [1.29, 1.82) is 0 Å². The monoisotopic (exact) mass is 862 g/mol. The summed E-state index contributed by atoms with van der Waals surface area (Å²) in [5.41, 5.74) is 5.61. The van der Waals surface area contributed by atoms with Crippen molar-refractivity contribution in [3.63, 3.8) is 0 Å². The van der Waals surface area contributed by atoms with Crippen LogP contribution in [0.25, 0.3) is 0 Å². The molecule has 0 amide bonds. The Bertz CT molecular complexity index is 669. The summed E-state index contributed by atoms with van der Waals surface area (Å²) in [4.78, 5) is 0. The third-order valence-electron chi connectivity index (χ3n) is 3.47. The van der Waals surface area contributed by atoms with Gasteiger partial charge in [-0.1, -0.05) is 27.7 Å². The van der Waals surface area contributed by atoms with Crippen LogP contribution >= 0.6 is 0 Å². The minimum Gasteiger partial charge on any atom is -1.00 e. The first kappa shape index (κ1) is 41.8. The molecule has 0 saturated carbocycles. The van der Waals surface area contributed by atoms with Gasteiger partial charge < -0.3 is 24.8 Å². The summed E-state index contributed by atoms with van der Waals surface area (Å²) >= 11 is 2.90. The fourth-order valence-electron chi connectivity index (χ4n) is 2.06. The molecule has 6 heteroatoms. The molecule has 0 aliphatic heterocycles. The molecule has 0 radical (unpaired) electrons. The van der Waals surface area contributed by atoms with Gasteiger partial charge in [0.05, 0.1) is 0 Å². The van der Waals surface area contributed by atoms with E-state index in [-0.39, 0.29) is 35.8 Å². The maximum absolute atomic E-state index is 3.12. The fraction of sp³-hybridized carbons (Fsp3) is 0.429. The van der Waals surface area contributed by atoms with Gasteiger partial charge in [0.15, 0.2) is 0 Å². The van der Waals surface area contributed by atoms with Crippen LogP contribution in [-0.4, -0.2) is 11.0 Å². The molecule has 0 unspecified atom stereocenters. The van der Waals surface area contributed by atoms with Crippen LogP contribution in [0.1, 0.15) is 53.4 Å². The van der Waals surface area contributed by atoms with Crippen LogP contribution < -0.4 is 24.8 Å². The van der Waals surface area contributed by atoms with Gasteiger partial charge in [-0.25, -0.2) is 46.6 Å². The van der Waals surface area contributed by atoms with Crippen molar-refractivity contribution in [2.45, 2.75) is 79.6 Å². The second-order valence-electron chi connectivity index (χ2n) is 7.87. The van der Waals surface area contributed by atoms with Gasteiger partial charge in [0.1, 0.15) is 0 Å². The average molecular weight is 861 g/mol. The summed E-state index contributed by atoms with van der Waals surface area (Å²) in [6.45, 7) is 17.6. The van der Waals surface area contributed by atoms with Crippen LogP contribution in [-0.2, 0) is 46.0 Å². The molecule has 0 atom stereocenters. The molecule has 0 spiro atoms. The molecule has 0 nitrogen and oxygen atoms in total. The molecule has 0 saturated heterocycles. The molecule has 0 aromatic heterocycles. The van der Waals surface area contributed by atoms with E-state index in [0.717, 1.165) is 25.7 Å². The number of allylic oxidation sites excluding steroid dienone is 16. The van der Waals surface area contributed by atoms with Crippen LogP contribution in [0.2, 0.25) is 26.2 Å². The van der Waals surface area contributed by atoms with E-state index in [9.17, 15) is 0 Å². The van der Waals surface area contributed by atoms with Gasteiger partial charge >= 0.3 is 83.2 Å². The molecule has 0 bridgehead atoms.